The summed E-state index contributed by atoms with van der Waals surface area (Å²) in [6.45, 7) is 5.28. The van der Waals surface area contributed by atoms with Gasteiger partial charge in [-0.25, -0.2) is 0 Å². The van der Waals surface area contributed by atoms with Crippen molar-refractivity contribution in [2.45, 2.75) is 6.18 Å². The molecule has 0 unspecified atom stereocenters. The SMILES string of the molecule is CN1C=CN(c2[c-]c(N3C=CN(C)[CH-]3)cc(C(F)(F)F)c2)[CH-]1.Oc1ccccc1N1C=CN(c2[c-]cccc2)[CH-]1.[Ir]. The zero-order valence-electron chi connectivity index (χ0n) is 22.1. The van der Waals surface area contributed by atoms with Gasteiger partial charge in [0, 0.05) is 20.1 Å². The summed E-state index contributed by atoms with van der Waals surface area (Å²) in [5, 5.41) is 9.81. The molecule has 0 aliphatic carbocycles. The van der Waals surface area contributed by atoms with Crippen molar-refractivity contribution < 1.29 is 38.4 Å². The van der Waals surface area contributed by atoms with Crippen molar-refractivity contribution in [1.29, 1.82) is 0 Å². The standard InChI is InChI=1S/C15H14F3N4.C15H12N2O.Ir/c1-19-3-5-21(10-19)13-7-12(15(16,17)18)8-14(9-13)22-6-4-20(2)11-22;18-15-9-5-4-8-14(15)17-11-10-16(12-17)13-6-2-1-3-7-13;/h3-8,10-11H,1-2H3;1-6,8-12,18H;/q-3;-2;. The fourth-order valence-corrected chi connectivity index (χ4v) is 4.03. The molecule has 0 aromatic heterocycles. The molecule has 3 aliphatic heterocycles. The van der Waals surface area contributed by atoms with Crippen LogP contribution in [0.4, 0.5) is 35.9 Å². The molecule has 41 heavy (non-hydrogen) atoms. The second kappa shape index (κ2) is 12.6. The minimum Gasteiger partial charge on any atom is -0.510 e. The van der Waals surface area contributed by atoms with E-state index in [0.29, 0.717) is 11.4 Å². The number of phenols is 1. The van der Waals surface area contributed by atoms with Crippen molar-refractivity contribution in [3.8, 4) is 5.75 Å². The predicted molar refractivity (Wildman–Crippen MR) is 149 cm³/mol. The van der Waals surface area contributed by atoms with E-state index < -0.39 is 11.7 Å². The van der Waals surface area contributed by atoms with Gasteiger partial charge in [0.25, 0.3) is 0 Å². The Hall–Kier alpha value is -4.08. The summed E-state index contributed by atoms with van der Waals surface area (Å²) < 4.78 is 39.4. The van der Waals surface area contributed by atoms with Crippen molar-refractivity contribution in [1.82, 2.24) is 9.80 Å². The molecule has 3 aromatic carbocycles. The minimum atomic E-state index is -4.41. The van der Waals surface area contributed by atoms with E-state index in [1.165, 1.54) is 0 Å². The molecule has 3 aromatic rings. The zero-order chi connectivity index (χ0) is 28.3. The minimum absolute atomic E-state index is 0. The van der Waals surface area contributed by atoms with E-state index in [-0.39, 0.29) is 25.9 Å². The number of halogens is 3. The number of alkyl halides is 3. The number of hydrogen-bond donors (Lipinski definition) is 1. The third-order valence-electron chi connectivity index (χ3n) is 6.03. The largest absolute Gasteiger partial charge is 0.510 e. The second-order valence-corrected chi connectivity index (χ2v) is 9.07. The molecule has 0 fully saturated rings. The average Bonchev–Trinajstić information content (AvgIpc) is 3.71. The molecular weight excluding hydrogens is 710 g/mol. The fourth-order valence-electron chi connectivity index (χ4n) is 4.03. The van der Waals surface area contributed by atoms with E-state index in [1.807, 2.05) is 65.3 Å². The average molecular weight is 736 g/mol. The second-order valence-electron chi connectivity index (χ2n) is 9.07. The van der Waals surface area contributed by atoms with Crippen LogP contribution in [0, 0.1) is 32.1 Å². The van der Waals surface area contributed by atoms with Crippen molar-refractivity contribution in [3.05, 3.63) is 136 Å². The summed E-state index contributed by atoms with van der Waals surface area (Å²) in [4.78, 5) is 10.5. The molecule has 0 amide bonds. The topological polar surface area (TPSA) is 39.7 Å². The molecule has 0 bridgehead atoms. The molecule has 217 valence electrons. The first-order chi connectivity index (χ1) is 19.2. The Morgan fingerprint density at radius 3 is 1.73 bits per heavy atom. The Morgan fingerprint density at radius 1 is 0.683 bits per heavy atom. The third kappa shape index (κ3) is 7.17. The van der Waals surface area contributed by atoms with Gasteiger partial charge in [0.15, 0.2) is 0 Å². The smallest absolute Gasteiger partial charge is 0.394 e. The molecule has 3 heterocycles. The van der Waals surface area contributed by atoms with Gasteiger partial charge in [-0.2, -0.15) is 56.8 Å². The monoisotopic (exact) mass is 736 g/mol. The summed E-state index contributed by atoms with van der Waals surface area (Å²) in [5.74, 6) is 0.261. The normalized spacial score (nSPS) is 15.9. The van der Waals surface area contributed by atoms with Crippen LogP contribution < -0.4 is 19.6 Å². The van der Waals surface area contributed by atoms with Crippen LogP contribution in [-0.2, 0) is 26.3 Å². The first-order valence-electron chi connectivity index (χ1n) is 12.2. The number of hydrogen-bond acceptors (Lipinski definition) is 7. The Morgan fingerprint density at radius 2 is 1.22 bits per heavy atom. The van der Waals surface area contributed by atoms with Crippen molar-refractivity contribution in [2.75, 3.05) is 33.7 Å². The van der Waals surface area contributed by atoms with Crippen LogP contribution in [0.25, 0.3) is 0 Å². The number of aromatic hydroxyl groups is 1. The van der Waals surface area contributed by atoms with Crippen LogP contribution >= 0.6 is 0 Å². The first-order valence-corrected chi connectivity index (χ1v) is 12.2. The maximum absolute atomic E-state index is 13.1. The molecule has 7 nitrogen and oxygen atoms in total. The van der Waals surface area contributed by atoms with Gasteiger partial charge >= 0.3 is 6.18 Å². The quantitative estimate of drug-likeness (QED) is 0.316. The van der Waals surface area contributed by atoms with Crippen LogP contribution in [-0.4, -0.2) is 29.0 Å². The summed E-state index contributed by atoms with van der Waals surface area (Å²) in [6.07, 6.45) is 6.29. The van der Waals surface area contributed by atoms with Gasteiger partial charge in [0.2, 0.25) is 0 Å². The summed E-state index contributed by atoms with van der Waals surface area (Å²) in [6, 6.07) is 23.4. The molecule has 3 aliphatic rings. The Labute approximate surface area is 251 Å². The maximum Gasteiger partial charge on any atom is 0.394 e. The van der Waals surface area contributed by atoms with Gasteiger partial charge in [-0.3, -0.25) is 0 Å². The Kier molecular flexibility index (Phi) is 9.20. The number of phenolic OH excluding ortho intramolecular Hbond substituents is 1. The van der Waals surface area contributed by atoms with E-state index >= 15 is 0 Å². The van der Waals surface area contributed by atoms with Gasteiger partial charge in [-0.15, -0.1) is 41.9 Å². The van der Waals surface area contributed by atoms with Crippen molar-refractivity contribution >= 4 is 22.7 Å². The number of para-hydroxylation sites is 3. The van der Waals surface area contributed by atoms with E-state index in [4.69, 9.17) is 0 Å². The summed E-state index contributed by atoms with van der Waals surface area (Å²) >= 11 is 0. The fraction of sp³-hybridized carbons (Fsp3) is 0.100. The zero-order valence-corrected chi connectivity index (χ0v) is 24.5. The third-order valence-corrected chi connectivity index (χ3v) is 6.03. The predicted octanol–water partition coefficient (Wildman–Crippen LogP) is 6.30. The van der Waals surface area contributed by atoms with Crippen LogP contribution in [0.5, 0.6) is 5.75 Å². The molecule has 0 atom stereocenters. The van der Waals surface area contributed by atoms with Gasteiger partial charge in [0.05, 0.1) is 5.69 Å². The van der Waals surface area contributed by atoms with Crippen molar-refractivity contribution in [2.24, 2.45) is 0 Å². The first kappa shape index (κ1) is 29.9. The van der Waals surface area contributed by atoms with E-state index in [0.717, 1.165) is 23.5 Å². The molecule has 1 radical (unpaired) electrons. The van der Waals surface area contributed by atoms with Gasteiger partial charge in [0.1, 0.15) is 5.75 Å². The number of rotatable bonds is 4. The van der Waals surface area contributed by atoms with E-state index in [2.05, 4.69) is 12.1 Å². The molecule has 6 rings (SSSR count). The van der Waals surface area contributed by atoms with Crippen molar-refractivity contribution in [3.63, 3.8) is 0 Å². The van der Waals surface area contributed by atoms with Crippen LogP contribution in [0.2, 0.25) is 0 Å². The Balaban J connectivity index is 0.000000188. The van der Waals surface area contributed by atoms with Gasteiger partial charge in [-0.05, 0) is 63.4 Å². The maximum atomic E-state index is 13.1. The molecule has 0 saturated heterocycles. The number of benzene rings is 3. The van der Waals surface area contributed by atoms with Gasteiger partial charge < -0.3 is 34.5 Å². The molecule has 0 spiro atoms. The van der Waals surface area contributed by atoms with E-state index in [9.17, 15) is 18.3 Å². The summed E-state index contributed by atoms with van der Waals surface area (Å²) in [5.41, 5.74) is 1.69. The molecule has 0 saturated carbocycles. The molecule has 11 heteroatoms. The van der Waals surface area contributed by atoms with Crippen LogP contribution in [0.1, 0.15) is 5.56 Å². The summed E-state index contributed by atoms with van der Waals surface area (Å²) in [7, 11) is 3.61. The Bertz CT molecular complexity index is 1370. The van der Waals surface area contributed by atoms with Crippen LogP contribution in [0.15, 0.2) is 97.9 Å². The van der Waals surface area contributed by atoms with Gasteiger partial charge in [-0.1, -0.05) is 17.7 Å². The molecular formula is C30H26F3IrN6O-5. The number of anilines is 4. The van der Waals surface area contributed by atoms with Crippen LogP contribution in [0.3, 0.4) is 0 Å². The van der Waals surface area contributed by atoms with E-state index in [1.54, 1.807) is 84.0 Å². The molecule has 1 N–H and O–H groups in total. The number of nitrogens with zero attached hydrogens (tertiary/aromatic N) is 6.